The minimum Gasteiger partial charge on any atom is -0.272 e. The monoisotopic (exact) mass is 453 g/mol. The summed E-state index contributed by atoms with van der Waals surface area (Å²) in [6.45, 7) is 0. The van der Waals surface area contributed by atoms with Gasteiger partial charge in [-0.15, -0.1) is 11.3 Å². The summed E-state index contributed by atoms with van der Waals surface area (Å²) in [7, 11) is 0. The Balaban J connectivity index is 1.52. The molecule has 0 saturated heterocycles. The molecule has 0 radical (unpaired) electrons. The third-order valence-corrected chi connectivity index (χ3v) is 6.06. The molecule has 1 heterocycles. The summed E-state index contributed by atoms with van der Waals surface area (Å²) in [5, 5.41) is 4.00. The first-order valence-electron chi connectivity index (χ1n) is 6.77. The molecule has 3 rings (SSSR count). The smallest absolute Gasteiger partial charge is 0.250 e. The molecule has 3 aromatic rings. The third kappa shape index (κ3) is 4.52. The van der Waals surface area contributed by atoms with Crippen LogP contribution < -0.4 is 5.43 Å². The second kappa shape index (κ2) is 7.89. The molecule has 2 aromatic carbocycles. The van der Waals surface area contributed by atoms with E-state index in [1.165, 1.54) is 11.8 Å². The van der Waals surface area contributed by atoms with E-state index >= 15 is 0 Å². The zero-order chi connectivity index (χ0) is 16.1. The van der Waals surface area contributed by atoms with E-state index in [2.05, 4.69) is 38.1 Å². The minimum absolute atomic E-state index is 0.142. The van der Waals surface area contributed by atoms with Crippen molar-refractivity contribution in [1.29, 1.82) is 0 Å². The fraction of sp³-hybridized carbons (Fsp3) is 0.0625. The number of amides is 1. The van der Waals surface area contributed by atoms with Crippen molar-refractivity contribution in [3.05, 3.63) is 57.7 Å². The summed E-state index contributed by atoms with van der Waals surface area (Å²) in [5.74, 6) is 0.153. The highest BCUT2D eigenvalue weighted by molar-refractivity contribution is 14.1. The number of rotatable bonds is 5. The Morgan fingerprint density at radius 2 is 2.04 bits per heavy atom. The van der Waals surface area contributed by atoms with Crippen LogP contribution in [0.3, 0.4) is 0 Å². The molecule has 1 N–H and O–H groups in total. The first kappa shape index (κ1) is 16.4. The van der Waals surface area contributed by atoms with Crippen molar-refractivity contribution < 1.29 is 4.79 Å². The number of aromatic nitrogens is 1. The molecule has 0 atom stereocenters. The molecular weight excluding hydrogens is 441 g/mol. The van der Waals surface area contributed by atoms with Crippen LogP contribution in [0, 0.1) is 3.57 Å². The van der Waals surface area contributed by atoms with Crippen molar-refractivity contribution in [2.75, 3.05) is 5.75 Å². The predicted molar refractivity (Wildman–Crippen MR) is 105 cm³/mol. The third-order valence-electron chi connectivity index (χ3n) is 2.90. The number of para-hydroxylation sites is 1. The lowest BCUT2D eigenvalue weighted by atomic mass is 10.2. The van der Waals surface area contributed by atoms with Gasteiger partial charge < -0.3 is 0 Å². The first-order chi connectivity index (χ1) is 11.2. The van der Waals surface area contributed by atoms with E-state index in [-0.39, 0.29) is 5.91 Å². The number of benzene rings is 2. The molecule has 4 nitrogen and oxygen atoms in total. The van der Waals surface area contributed by atoms with Crippen molar-refractivity contribution in [3.8, 4) is 0 Å². The number of fused-ring (bicyclic) bond motifs is 1. The zero-order valence-corrected chi connectivity index (χ0v) is 15.7. The number of thiazole rings is 1. The molecule has 0 aliphatic rings. The largest absolute Gasteiger partial charge is 0.272 e. The van der Waals surface area contributed by atoms with Crippen LogP contribution in [0.1, 0.15) is 5.56 Å². The van der Waals surface area contributed by atoms with Gasteiger partial charge in [-0.2, -0.15) is 5.10 Å². The Labute approximate surface area is 155 Å². The SMILES string of the molecule is O=C(CSc1nc2ccccc2s1)N/N=C/c1ccccc1I. The van der Waals surface area contributed by atoms with Crippen LogP contribution in [0.25, 0.3) is 10.2 Å². The Morgan fingerprint density at radius 3 is 2.87 bits per heavy atom. The van der Waals surface area contributed by atoms with Gasteiger partial charge in [0.05, 0.1) is 22.2 Å². The van der Waals surface area contributed by atoms with Gasteiger partial charge in [0, 0.05) is 9.13 Å². The Morgan fingerprint density at radius 1 is 1.26 bits per heavy atom. The molecule has 0 saturated carbocycles. The maximum atomic E-state index is 11.8. The molecule has 0 spiro atoms. The van der Waals surface area contributed by atoms with Crippen LogP contribution >= 0.6 is 45.7 Å². The molecule has 1 aromatic heterocycles. The van der Waals surface area contributed by atoms with Crippen molar-refractivity contribution in [3.63, 3.8) is 0 Å². The molecule has 23 heavy (non-hydrogen) atoms. The van der Waals surface area contributed by atoms with Gasteiger partial charge in [-0.3, -0.25) is 4.79 Å². The number of carbonyl (C=O) groups is 1. The molecule has 7 heteroatoms. The van der Waals surface area contributed by atoms with Gasteiger partial charge in [-0.1, -0.05) is 42.1 Å². The molecule has 0 bridgehead atoms. The van der Waals surface area contributed by atoms with Crippen molar-refractivity contribution >= 4 is 68.0 Å². The normalized spacial score (nSPS) is 11.2. The quantitative estimate of drug-likeness (QED) is 0.274. The number of hydrazone groups is 1. The van der Waals surface area contributed by atoms with E-state index in [0.29, 0.717) is 5.75 Å². The Kier molecular flexibility index (Phi) is 5.63. The number of hydrogen-bond acceptors (Lipinski definition) is 5. The highest BCUT2D eigenvalue weighted by atomic mass is 127. The lowest BCUT2D eigenvalue weighted by molar-refractivity contribution is -0.118. The second-order valence-electron chi connectivity index (χ2n) is 4.55. The summed E-state index contributed by atoms with van der Waals surface area (Å²) in [4.78, 5) is 16.3. The summed E-state index contributed by atoms with van der Waals surface area (Å²) < 4.78 is 3.11. The average Bonchev–Trinajstić information content (AvgIpc) is 2.98. The number of carbonyl (C=O) groups excluding carboxylic acids is 1. The number of halogens is 1. The van der Waals surface area contributed by atoms with Crippen LogP contribution in [0.2, 0.25) is 0 Å². The van der Waals surface area contributed by atoms with Gasteiger partial charge >= 0.3 is 0 Å². The summed E-state index contributed by atoms with van der Waals surface area (Å²) in [5.41, 5.74) is 4.49. The van der Waals surface area contributed by atoms with Crippen LogP contribution in [0.4, 0.5) is 0 Å². The van der Waals surface area contributed by atoms with E-state index in [4.69, 9.17) is 0 Å². The van der Waals surface area contributed by atoms with Crippen LogP contribution in [-0.2, 0) is 4.79 Å². The fourth-order valence-corrected chi connectivity index (χ4v) is 4.21. The summed E-state index contributed by atoms with van der Waals surface area (Å²) in [6, 6.07) is 15.8. The molecular formula is C16H12IN3OS2. The lowest BCUT2D eigenvalue weighted by Crippen LogP contribution is -2.19. The number of nitrogens with one attached hydrogen (secondary N) is 1. The topological polar surface area (TPSA) is 54.4 Å². The summed E-state index contributed by atoms with van der Waals surface area (Å²) >= 11 is 5.25. The second-order valence-corrected chi connectivity index (χ2v) is 7.97. The van der Waals surface area contributed by atoms with Crippen LogP contribution in [0.15, 0.2) is 58.0 Å². The van der Waals surface area contributed by atoms with Crippen molar-refractivity contribution in [2.45, 2.75) is 4.34 Å². The van der Waals surface area contributed by atoms with Gasteiger partial charge in [-0.25, -0.2) is 10.4 Å². The molecule has 116 valence electrons. The van der Waals surface area contributed by atoms with Gasteiger partial charge in [0.15, 0.2) is 4.34 Å². The Hall–Kier alpha value is -1.45. The highest BCUT2D eigenvalue weighted by Crippen LogP contribution is 2.28. The molecule has 0 aliphatic heterocycles. The van der Waals surface area contributed by atoms with Gasteiger partial charge in [-0.05, 0) is 40.8 Å². The van der Waals surface area contributed by atoms with Crippen molar-refractivity contribution in [2.24, 2.45) is 5.10 Å². The predicted octanol–water partition coefficient (Wildman–Crippen LogP) is 4.14. The van der Waals surface area contributed by atoms with Gasteiger partial charge in [0.2, 0.25) is 0 Å². The van der Waals surface area contributed by atoms with E-state index in [1.54, 1.807) is 17.6 Å². The van der Waals surface area contributed by atoms with E-state index in [1.807, 2.05) is 48.5 Å². The number of thioether (sulfide) groups is 1. The number of nitrogens with zero attached hydrogens (tertiary/aromatic N) is 2. The van der Waals surface area contributed by atoms with Gasteiger partial charge in [0.1, 0.15) is 0 Å². The minimum atomic E-state index is -0.142. The average molecular weight is 453 g/mol. The molecule has 0 unspecified atom stereocenters. The first-order valence-corrected chi connectivity index (χ1v) is 9.65. The maximum Gasteiger partial charge on any atom is 0.250 e. The van der Waals surface area contributed by atoms with E-state index < -0.39 is 0 Å². The van der Waals surface area contributed by atoms with Gasteiger partial charge in [0.25, 0.3) is 5.91 Å². The Bertz CT molecular complexity index is 830. The van der Waals surface area contributed by atoms with Crippen molar-refractivity contribution in [1.82, 2.24) is 10.4 Å². The maximum absolute atomic E-state index is 11.8. The highest BCUT2D eigenvalue weighted by Gasteiger charge is 2.06. The van der Waals surface area contributed by atoms with Crippen LogP contribution in [-0.4, -0.2) is 22.9 Å². The van der Waals surface area contributed by atoms with E-state index in [0.717, 1.165) is 23.7 Å². The fourth-order valence-electron chi connectivity index (χ4n) is 1.83. The van der Waals surface area contributed by atoms with E-state index in [9.17, 15) is 4.79 Å². The molecule has 1 amide bonds. The standard InChI is InChI=1S/C16H12IN3OS2/c17-12-6-2-1-5-11(12)9-18-20-15(21)10-22-16-19-13-7-3-4-8-14(13)23-16/h1-9H,10H2,(H,20,21)/b18-9+. The molecule has 0 aliphatic carbocycles. The van der Waals surface area contributed by atoms with Crippen LogP contribution in [0.5, 0.6) is 0 Å². The zero-order valence-electron chi connectivity index (χ0n) is 11.9. The summed E-state index contributed by atoms with van der Waals surface area (Å²) in [6.07, 6.45) is 1.65. The lowest BCUT2D eigenvalue weighted by Gasteiger charge is -1.99. The molecule has 0 fully saturated rings. The number of hydrogen-bond donors (Lipinski definition) is 1.